The van der Waals surface area contributed by atoms with Gasteiger partial charge in [-0.2, -0.15) is 5.10 Å². The van der Waals surface area contributed by atoms with Crippen molar-refractivity contribution >= 4 is 15.9 Å². The van der Waals surface area contributed by atoms with Gasteiger partial charge >= 0.3 is 0 Å². The number of aliphatic hydroxyl groups excluding tert-OH is 1. The zero-order valence-corrected chi connectivity index (χ0v) is 11.1. The van der Waals surface area contributed by atoms with Gasteiger partial charge in [-0.25, -0.2) is 0 Å². The highest BCUT2D eigenvalue weighted by molar-refractivity contribution is 9.10. The summed E-state index contributed by atoms with van der Waals surface area (Å²) in [4.78, 5) is 0. The van der Waals surface area contributed by atoms with Crippen LogP contribution < -0.4 is 0 Å². The number of methoxy groups -OCH3 is 1. The molecule has 1 atom stereocenters. The van der Waals surface area contributed by atoms with Gasteiger partial charge in [0.15, 0.2) is 0 Å². The first-order chi connectivity index (χ1) is 7.70. The van der Waals surface area contributed by atoms with Crippen LogP contribution in [0.2, 0.25) is 0 Å². The molecule has 0 amide bonds. The molecule has 0 saturated heterocycles. The number of hydrogen-bond donors (Lipinski definition) is 1. The zero-order valence-electron chi connectivity index (χ0n) is 9.52. The normalized spacial score (nSPS) is 13.0. The summed E-state index contributed by atoms with van der Waals surface area (Å²) in [6.45, 7) is 3.92. The van der Waals surface area contributed by atoms with Crippen molar-refractivity contribution in [2.75, 3.05) is 26.9 Å². The van der Waals surface area contributed by atoms with Crippen molar-refractivity contribution in [1.29, 1.82) is 0 Å². The molecule has 0 radical (unpaired) electrons. The lowest BCUT2D eigenvalue weighted by molar-refractivity contribution is 0.0360. The Morgan fingerprint density at radius 3 is 3.00 bits per heavy atom. The van der Waals surface area contributed by atoms with Crippen LogP contribution in [0.1, 0.15) is 18.7 Å². The summed E-state index contributed by atoms with van der Waals surface area (Å²) >= 11 is 3.36. The summed E-state index contributed by atoms with van der Waals surface area (Å²) in [5.41, 5.74) is 0.727. The van der Waals surface area contributed by atoms with Gasteiger partial charge in [-0.05, 0) is 22.9 Å². The van der Waals surface area contributed by atoms with E-state index in [2.05, 4.69) is 21.0 Å². The van der Waals surface area contributed by atoms with Crippen molar-refractivity contribution in [1.82, 2.24) is 9.78 Å². The van der Waals surface area contributed by atoms with Crippen LogP contribution in [0.3, 0.4) is 0 Å². The van der Waals surface area contributed by atoms with Crippen LogP contribution in [-0.2, 0) is 16.0 Å². The van der Waals surface area contributed by atoms with Crippen LogP contribution in [0, 0.1) is 0 Å². The van der Waals surface area contributed by atoms with Gasteiger partial charge in [0, 0.05) is 13.7 Å². The average Bonchev–Trinajstić information content (AvgIpc) is 2.64. The molecule has 0 aliphatic rings. The van der Waals surface area contributed by atoms with Crippen molar-refractivity contribution in [3.8, 4) is 0 Å². The minimum absolute atomic E-state index is 0.272. The van der Waals surface area contributed by atoms with Gasteiger partial charge in [0.05, 0.1) is 36.1 Å². The predicted molar refractivity (Wildman–Crippen MR) is 63.3 cm³/mol. The number of nitrogens with zero attached hydrogens (tertiary/aromatic N) is 2. The Kier molecular flexibility index (Phi) is 5.97. The van der Waals surface area contributed by atoms with E-state index >= 15 is 0 Å². The van der Waals surface area contributed by atoms with Gasteiger partial charge in [0.25, 0.3) is 0 Å². The SMILES string of the molecule is CCOCC(O)c1c(Br)cnn1CCOC. The first-order valence-corrected chi connectivity index (χ1v) is 5.96. The standard InChI is InChI=1S/C10H17BrN2O3/c1-3-16-7-9(14)10-8(11)6-12-13(10)4-5-15-2/h6,9,14H,3-5,7H2,1-2H3. The Labute approximate surface area is 103 Å². The van der Waals surface area contributed by atoms with E-state index in [0.29, 0.717) is 19.8 Å². The molecule has 1 aromatic rings. The van der Waals surface area contributed by atoms with Crippen LogP contribution in [0.4, 0.5) is 0 Å². The van der Waals surface area contributed by atoms with Gasteiger partial charge in [-0.1, -0.05) is 0 Å². The lowest BCUT2D eigenvalue weighted by atomic mass is 10.2. The van der Waals surface area contributed by atoms with Gasteiger partial charge in [0.2, 0.25) is 0 Å². The number of ether oxygens (including phenoxy) is 2. The monoisotopic (exact) mass is 292 g/mol. The Bertz CT molecular complexity index is 317. The summed E-state index contributed by atoms with van der Waals surface area (Å²) in [5, 5.41) is 14.1. The first-order valence-electron chi connectivity index (χ1n) is 5.16. The van der Waals surface area contributed by atoms with Crippen LogP contribution in [0.5, 0.6) is 0 Å². The van der Waals surface area contributed by atoms with Crippen molar-refractivity contribution < 1.29 is 14.6 Å². The molecule has 5 nitrogen and oxygen atoms in total. The van der Waals surface area contributed by atoms with E-state index in [0.717, 1.165) is 10.2 Å². The second kappa shape index (κ2) is 7.01. The largest absolute Gasteiger partial charge is 0.384 e. The third kappa shape index (κ3) is 3.55. The number of aromatic nitrogens is 2. The topological polar surface area (TPSA) is 56.5 Å². The predicted octanol–water partition coefficient (Wildman–Crippen LogP) is 1.36. The minimum Gasteiger partial charge on any atom is -0.384 e. The van der Waals surface area contributed by atoms with E-state index in [1.165, 1.54) is 0 Å². The van der Waals surface area contributed by atoms with Crippen molar-refractivity contribution in [3.63, 3.8) is 0 Å². The second-order valence-electron chi connectivity index (χ2n) is 3.27. The summed E-state index contributed by atoms with van der Waals surface area (Å²) in [6, 6.07) is 0. The number of hydrogen-bond acceptors (Lipinski definition) is 4. The molecule has 0 aliphatic heterocycles. The van der Waals surface area contributed by atoms with E-state index in [1.54, 1.807) is 18.0 Å². The van der Waals surface area contributed by atoms with Crippen molar-refractivity contribution in [2.45, 2.75) is 19.6 Å². The fourth-order valence-corrected chi connectivity index (χ4v) is 1.93. The molecule has 0 aromatic carbocycles. The van der Waals surface area contributed by atoms with Crippen LogP contribution in [-0.4, -0.2) is 41.8 Å². The minimum atomic E-state index is -0.673. The quantitative estimate of drug-likeness (QED) is 0.825. The fraction of sp³-hybridized carbons (Fsp3) is 0.700. The van der Waals surface area contributed by atoms with E-state index in [4.69, 9.17) is 9.47 Å². The molecule has 1 rings (SSSR count). The van der Waals surface area contributed by atoms with Gasteiger partial charge in [0.1, 0.15) is 6.10 Å². The molecule has 6 heteroatoms. The maximum atomic E-state index is 9.94. The maximum Gasteiger partial charge on any atom is 0.120 e. The van der Waals surface area contributed by atoms with Crippen LogP contribution in [0.25, 0.3) is 0 Å². The number of aliphatic hydroxyl groups is 1. The molecule has 1 N–H and O–H groups in total. The second-order valence-corrected chi connectivity index (χ2v) is 4.12. The molecule has 0 aliphatic carbocycles. The summed E-state index contributed by atoms with van der Waals surface area (Å²) in [6.07, 6.45) is 0.994. The maximum absolute atomic E-state index is 9.94. The van der Waals surface area contributed by atoms with E-state index in [-0.39, 0.29) is 6.61 Å². The summed E-state index contributed by atoms with van der Waals surface area (Å²) < 4.78 is 12.7. The smallest absolute Gasteiger partial charge is 0.120 e. The van der Waals surface area contributed by atoms with Gasteiger partial charge < -0.3 is 14.6 Å². The molecule has 92 valence electrons. The lowest BCUT2D eigenvalue weighted by Gasteiger charge is -2.13. The number of rotatable bonds is 7. The molecule has 1 unspecified atom stereocenters. The van der Waals surface area contributed by atoms with Crippen molar-refractivity contribution in [3.05, 3.63) is 16.4 Å². The molecule has 0 bridgehead atoms. The Hall–Kier alpha value is -0.430. The summed E-state index contributed by atoms with van der Waals surface area (Å²) in [5.74, 6) is 0. The molecule has 0 spiro atoms. The third-order valence-corrected chi connectivity index (χ3v) is 2.75. The Balaban J connectivity index is 2.71. The van der Waals surface area contributed by atoms with E-state index < -0.39 is 6.10 Å². The highest BCUT2D eigenvalue weighted by Gasteiger charge is 2.17. The summed E-state index contributed by atoms with van der Waals surface area (Å²) in [7, 11) is 1.63. The molecule has 1 heterocycles. The Morgan fingerprint density at radius 1 is 1.62 bits per heavy atom. The highest BCUT2D eigenvalue weighted by Crippen LogP contribution is 2.23. The number of halogens is 1. The van der Waals surface area contributed by atoms with Crippen molar-refractivity contribution in [2.24, 2.45) is 0 Å². The zero-order chi connectivity index (χ0) is 12.0. The van der Waals surface area contributed by atoms with Gasteiger partial charge in [-0.3, -0.25) is 4.68 Å². The highest BCUT2D eigenvalue weighted by atomic mass is 79.9. The third-order valence-electron chi connectivity index (χ3n) is 2.14. The molecular formula is C10H17BrN2O3. The van der Waals surface area contributed by atoms with Gasteiger partial charge in [-0.15, -0.1) is 0 Å². The lowest BCUT2D eigenvalue weighted by Crippen LogP contribution is -2.16. The first kappa shape index (κ1) is 13.6. The molecule has 0 fully saturated rings. The molecule has 1 aromatic heterocycles. The van der Waals surface area contributed by atoms with E-state index in [9.17, 15) is 5.11 Å². The van der Waals surface area contributed by atoms with E-state index in [1.807, 2.05) is 6.92 Å². The van der Waals surface area contributed by atoms with Crippen LogP contribution in [0.15, 0.2) is 10.7 Å². The molecule has 0 saturated carbocycles. The van der Waals surface area contributed by atoms with Crippen LogP contribution >= 0.6 is 15.9 Å². The molecule has 16 heavy (non-hydrogen) atoms. The Morgan fingerprint density at radius 2 is 2.38 bits per heavy atom. The fourth-order valence-electron chi connectivity index (χ4n) is 1.37. The molecular weight excluding hydrogens is 276 g/mol. The average molecular weight is 293 g/mol.